The molecule has 1 unspecified atom stereocenters. The number of unbranched alkanes of at least 4 members (excludes halogenated alkanes) is 3. The Balaban J connectivity index is 1.65. The maximum Gasteiger partial charge on any atom is 0.104 e. The van der Waals surface area contributed by atoms with E-state index in [0.717, 1.165) is 45.5 Å². The first kappa shape index (κ1) is 9.96. The number of rotatable bonds is 8. The summed E-state index contributed by atoms with van der Waals surface area (Å²) in [5.41, 5.74) is 0. The molecule has 0 N–H and O–H groups in total. The molecule has 0 aromatic heterocycles. The molecule has 3 heteroatoms. The summed E-state index contributed by atoms with van der Waals surface area (Å²) in [4.78, 5) is 0. The predicted molar refractivity (Wildman–Crippen MR) is 44.6 cm³/mol. The van der Waals surface area contributed by atoms with Crippen LogP contribution < -0.4 is 0 Å². The van der Waals surface area contributed by atoms with Gasteiger partial charge in [-0.2, -0.15) is 0 Å². The number of epoxide rings is 1. The molecule has 1 heterocycles. The Bertz CT molecular complexity index is 102. The Labute approximate surface area is 73.7 Å². The Hall–Kier alpha value is -0.120. The van der Waals surface area contributed by atoms with E-state index in [-0.39, 0.29) is 6.61 Å². The van der Waals surface area contributed by atoms with E-state index in [0.29, 0.717) is 6.10 Å². The van der Waals surface area contributed by atoms with Crippen LogP contribution in [0.5, 0.6) is 0 Å². The van der Waals surface area contributed by atoms with Crippen molar-refractivity contribution in [2.75, 3.05) is 26.4 Å². The van der Waals surface area contributed by atoms with Crippen molar-refractivity contribution in [3.8, 4) is 0 Å². The Kier molecular flexibility index (Phi) is 5.32. The fourth-order valence-electron chi connectivity index (χ4n) is 1.04. The van der Waals surface area contributed by atoms with Crippen LogP contribution in [-0.2, 0) is 14.6 Å². The second-order valence-electron chi connectivity index (χ2n) is 3.15. The molecule has 0 amide bonds. The van der Waals surface area contributed by atoms with E-state index in [9.17, 15) is 5.11 Å². The first-order valence-electron chi connectivity index (χ1n) is 4.71. The summed E-state index contributed by atoms with van der Waals surface area (Å²) in [5, 5.41) is 10.1. The highest BCUT2D eigenvalue weighted by molar-refractivity contribution is 4.66. The van der Waals surface area contributed by atoms with Gasteiger partial charge in [0.2, 0.25) is 0 Å². The zero-order valence-electron chi connectivity index (χ0n) is 7.46. The summed E-state index contributed by atoms with van der Waals surface area (Å²) in [6.07, 6.45) is 4.44. The fraction of sp³-hybridized carbons (Fsp3) is 1.00. The van der Waals surface area contributed by atoms with Crippen molar-refractivity contribution in [2.24, 2.45) is 0 Å². The molecule has 1 saturated heterocycles. The molecule has 12 heavy (non-hydrogen) atoms. The van der Waals surface area contributed by atoms with Gasteiger partial charge in [0.1, 0.15) is 6.10 Å². The molecule has 0 bridgehead atoms. The number of hydrogen-bond acceptors (Lipinski definition) is 2. The molecule has 1 rings (SSSR count). The lowest BCUT2D eigenvalue weighted by atomic mass is 10.2. The number of ether oxygens (including phenoxy) is 2. The average molecular weight is 173 g/mol. The lowest BCUT2D eigenvalue weighted by molar-refractivity contribution is 0.112. The van der Waals surface area contributed by atoms with Gasteiger partial charge < -0.3 is 9.47 Å². The van der Waals surface area contributed by atoms with Crippen LogP contribution in [0, 0.1) is 0 Å². The van der Waals surface area contributed by atoms with Gasteiger partial charge in [-0.05, 0) is 12.8 Å². The van der Waals surface area contributed by atoms with Crippen molar-refractivity contribution in [2.45, 2.75) is 31.8 Å². The van der Waals surface area contributed by atoms with Gasteiger partial charge in [-0.1, -0.05) is 12.8 Å². The SMILES string of the molecule is [O]CCCCCCOCC1CO1. The van der Waals surface area contributed by atoms with Crippen molar-refractivity contribution in [3.05, 3.63) is 0 Å². The van der Waals surface area contributed by atoms with Gasteiger partial charge in [0, 0.05) is 6.61 Å². The quantitative estimate of drug-likeness (QED) is 0.411. The van der Waals surface area contributed by atoms with Crippen molar-refractivity contribution < 1.29 is 14.6 Å². The lowest BCUT2D eigenvalue weighted by Crippen LogP contribution is -2.02. The highest BCUT2D eigenvalue weighted by atomic mass is 16.6. The second kappa shape index (κ2) is 6.40. The zero-order chi connectivity index (χ0) is 8.65. The van der Waals surface area contributed by atoms with Crippen molar-refractivity contribution in [1.82, 2.24) is 0 Å². The smallest absolute Gasteiger partial charge is 0.104 e. The predicted octanol–water partition coefficient (Wildman–Crippen LogP) is 1.39. The van der Waals surface area contributed by atoms with Gasteiger partial charge in [-0.25, -0.2) is 5.11 Å². The van der Waals surface area contributed by atoms with Gasteiger partial charge in [-0.15, -0.1) is 0 Å². The molecule has 1 atom stereocenters. The molecule has 0 aromatic rings. The molecule has 1 aliphatic rings. The van der Waals surface area contributed by atoms with Gasteiger partial charge in [0.25, 0.3) is 0 Å². The van der Waals surface area contributed by atoms with E-state index >= 15 is 0 Å². The highest BCUT2D eigenvalue weighted by Crippen LogP contribution is 2.09. The van der Waals surface area contributed by atoms with Gasteiger partial charge >= 0.3 is 0 Å². The summed E-state index contributed by atoms with van der Waals surface area (Å²) >= 11 is 0. The molecule has 0 aliphatic carbocycles. The van der Waals surface area contributed by atoms with E-state index in [4.69, 9.17) is 9.47 Å². The van der Waals surface area contributed by atoms with E-state index in [2.05, 4.69) is 0 Å². The molecule has 0 spiro atoms. The number of hydrogen-bond donors (Lipinski definition) is 0. The molecule has 1 radical (unpaired) electrons. The average Bonchev–Trinajstić information content (AvgIpc) is 2.87. The van der Waals surface area contributed by atoms with Crippen LogP contribution in [0.1, 0.15) is 25.7 Å². The normalized spacial score (nSPS) is 21.2. The van der Waals surface area contributed by atoms with Gasteiger partial charge in [0.05, 0.1) is 19.8 Å². The maximum absolute atomic E-state index is 10.1. The summed E-state index contributed by atoms with van der Waals surface area (Å²) < 4.78 is 10.3. The highest BCUT2D eigenvalue weighted by Gasteiger charge is 2.21. The molecule has 3 nitrogen and oxygen atoms in total. The van der Waals surface area contributed by atoms with E-state index < -0.39 is 0 Å². The second-order valence-corrected chi connectivity index (χ2v) is 3.15. The summed E-state index contributed by atoms with van der Waals surface area (Å²) in [6.45, 7) is 2.51. The fourth-order valence-corrected chi connectivity index (χ4v) is 1.04. The van der Waals surface area contributed by atoms with E-state index in [1.807, 2.05) is 0 Å². The van der Waals surface area contributed by atoms with Crippen molar-refractivity contribution in [1.29, 1.82) is 0 Å². The minimum absolute atomic E-state index is 0.0662. The van der Waals surface area contributed by atoms with Crippen molar-refractivity contribution >= 4 is 0 Å². The zero-order valence-corrected chi connectivity index (χ0v) is 7.46. The minimum atomic E-state index is 0.0662. The molecular formula is C9H17O3. The molecule has 1 fully saturated rings. The summed E-state index contributed by atoms with van der Waals surface area (Å²) in [6, 6.07) is 0. The Morgan fingerprint density at radius 2 is 2.00 bits per heavy atom. The Morgan fingerprint density at radius 1 is 1.25 bits per heavy atom. The molecule has 0 saturated carbocycles. The van der Waals surface area contributed by atoms with Crippen LogP contribution in [0.25, 0.3) is 0 Å². The molecule has 71 valence electrons. The van der Waals surface area contributed by atoms with E-state index in [1.165, 1.54) is 0 Å². The van der Waals surface area contributed by atoms with Gasteiger partial charge in [-0.3, -0.25) is 0 Å². The van der Waals surface area contributed by atoms with E-state index in [1.54, 1.807) is 0 Å². The van der Waals surface area contributed by atoms with Crippen LogP contribution in [0.2, 0.25) is 0 Å². The first-order chi connectivity index (χ1) is 5.93. The summed E-state index contributed by atoms with van der Waals surface area (Å²) in [7, 11) is 0. The third-order valence-electron chi connectivity index (χ3n) is 1.89. The topological polar surface area (TPSA) is 41.7 Å². The first-order valence-corrected chi connectivity index (χ1v) is 4.71. The summed E-state index contributed by atoms with van der Waals surface area (Å²) in [5.74, 6) is 0. The van der Waals surface area contributed by atoms with Crippen LogP contribution in [0.15, 0.2) is 0 Å². The van der Waals surface area contributed by atoms with Crippen LogP contribution >= 0.6 is 0 Å². The molecule has 0 aromatic carbocycles. The van der Waals surface area contributed by atoms with Crippen molar-refractivity contribution in [3.63, 3.8) is 0 Å². The standard InChI is InChI=1S/C9H17O3/c10-5-3-1-2-4-6-11-7-9-8-12-9/h9H,1-8H2. The monoisotopic (exact) mass is 173 g/mol. The molecular weight excluding hydrogens is 156 g/mol. The Morgan fingerprint density at radius 3 is 2.67 bits per heavy atom. The molecule has 1 aliphatic heterocycles. The third kappa shape index (κ3) is 5.52. The van der Waals surface area contributed by atoms with Crippen LogP contribution in [0.3, 0.4) is 0 Å². The largest absolute Gasteiger partial charge is 0.379 e. The lowest BCUT2D eigenvalue weighted by Gasteiger charge is -2.00. The van der Waals surface area contributed by atoms with Gasteiger partial charge in [0.15, 0.2) is 0 Å². The minimum Gasteiger partial charge on any atom is -0.379 e. The maximum atomic E-state index is 10.1. The van der Waals surface area contributed by atoms with Crippen LogP contribution in [-0.4, -0.2) is 32.5 Å². The van der Waals surface area contributed by atoms with Crippen LogP contribution in [0.4, 0.5) is 0 Å². The third-order valence-corrected chi connectivity index (χ3v) is 1.89.